The van der Waals surface area contributed by atoms with Crippen LogP contribution in [0, 0.1) is 0 Å². The number of benzene rings is 2. The SMILES string of the molecule is COc1ccc2oc(=O)n(CN3CCc4ccccc4C3)c2c1. The third-order valence-corrected chi connectivity index (χ3v) is 4.43. The van der Waals surface area contributed by atoms with Crippen molar-refractivity contribution < 1.29 is 9.15 Å². The summed E-state index contributed by atoms with van der Waals surface area (Å²) in [4.78, 5) is 14.4. The van der Waals surface area contributed by atoms with Crippen LogP contribution < -0.4 is 10.5 Å². The molecule has 0 radical (unpaired) electrons. The second-order valence-corrected chi connectivity index (χ2v) is 5.84. The highest BCUT2D eigenvalue weighted by molar-refractivity contribution is 5.74. The van der Waals surface area contributed by atoms with Gasteiger partial charge < -0.3 is 9.15 Å². The van der Waals surface area contributed by atoms with E-state index in [4.69, 9.17) is 9.15 Å². The summed E-state index contributed by atoms with van der Waals surface area (Å²) in [6.07, 6.45) is 1.00. The fraction of sp³-hybridized carbons (Fsp3) is 0.278. The number of oxazole rings is 1. The fourth-order valence-corrected chi connectivity index (χ4v) is 3.18. The summed E-state index contributed by atoms with van der Waals surface area (Å²) in [5, 5.41) is 0. The van der Waals surface area contributed by atoms with Crippen LogP contribution in [0.1, 0.15) is 11.1 Å². The van der Waals surface area contributed by atoms with Crippen LogP contribution >= 0.6 is 0 Å². The van der Waals surface area contributed by atoms with Crippen LogP contribution in [-0.4, -0.2) is 23.1 Å². The zero-order valence-corrected chi connectivity index (χ0v) is 13.0. The van der Waals surface area contributed by atoms with Crippen molar-refractivity contribution in [1.82, 2.24) is 9.47 Å². The number of hydrogen-bond acceptors (Lipinski definition) is 4. The van der Waals surface area contributed by atoms with Crippen molar-refractivity contribution >= 4 is 11.1 Å². The van der Waals surface area contributed by atoms with E-state index in [0.29, 0.717) is 12.3 Å². The maximum absolute atomic E-state index is 12.2. The lowest BCUT2D eigenvalue weighted by Gasteiger charge is -2.28. The molecular formula is C18H18N2O3. The minimum absolute atomic E-state index is 0.327. The Kier molecular flexibility index (Phi) is 3.42. The normalized spacial score (nSPS) is 14.8. The summed E-state index contributed by atoms with van der Waals surface area (Å²) < 4.78 is 12.3. The molecule has 1 aliphatic rings. The first-order chi connectivity index (χ1) is 11.2. The van der Waals surface area contributed by atoms with Gasteiger partial charge in [-0.25, -0.2) is 4.79 Å². The van der Waals surface area contributed by atoms with Crippen LogP contribution in [-0.2, 0) is 19.6 Å². The molecule has 1 aromatic heterocycles. The molecule has 23 heavy (non-hydrogen) atoms. The van der Waals surface area contributed by atoms with Gasteiger partial charge in [-0.15, -0.1) is 0 Å². The van der Waals surface area contributed by atoms with Gasteiger partial charge in [-0.3, -0.25) is 9.47 Å². The molecule has 5 nitrogen and oxygen atoms in total. The molecule has 0 N–H and O–H groups in total. The predicted octanol–water partition coefficient (Wildman–Crippen LogP) is 2.62. The molecule has 0 atom stereocenters. The van der Waals surface area contributed by atoms with E-state index < -0.39 is 0 Å². The maximum Gasteiger partial charge on any atom is 0.421 e. The van der Waals surface area contributed by atoms with Crippen LogP contribution in [0.3, 0.4) is 0 Å². The van der Waals surface area contributed by atoms with Gasteiger partial charge in [0.05, 0.1) is 19.3 Å². The monoisotopic (exact) mass is 310 g/mol. The highest BCUT2D eigenvalue weighted by Gasteiger charge is 2.18. The number of methoxy groups -OCH3 is 1. The number of hydrogen-bond donors (Lipinski definition) is 0. The van der Waals surface area contributed by atoms with E-state index in [1.54, 1.807) is 23.8 Å². The van der Waals surface area contributed by atoms with Crippen molar-refractivity contribution in [2.75, 3.05) is 13.7 Å². The van der Waals surface area contributed by atoms with Gasteiger partial charge in [-0.05, 0) is 29.7 Å². The first kappa shape index (κ1) is 14.1. The van der Waals surface area contributed by atoms with Crippen molar-refractivity contribution in [2.45, 2.75) is 19.6 Å². The molecule has 5 heteroatoms. The maximum atomic E-state index is 12.2. The molecule has 0 unspecified atom stereocenters. The van der Waals surface area contributed by atoms with Gasteiger partial charge in [0.2, 0.25) is 0 Å². The van der Waals surface area contributed by atoms with Crippen LogP contribution in [0.4, 0.5) is 0 Å². The van der Waals surface area contributed by atoms with E-state index in [1.807, 2.05) is 6.07 Å². The molecule has 3 aromatic rings. The molecule has 1 aliphatic heterocycles. The standard InChI is InChI=1S/C18H18N2O3/c1-22-15-6-7-17-16(10-15)20(18(21)23-17)12-19-9-8-13-4-2-3-5-14(13)11-19/h2-7,10H,8-9,11-12H2,1H3. The summed E-state index contributed by atoms with van der Waals surface area (Å²) >= 11 is 0. The number of ether oxygens (including phenoxy) is 1. The van der Waals surface area contributed by atoms with Crippen LogP contribution in [0.5, 0.6) is 5.75 Å². The van der Waals surface area contributed by atoms with Gasteiger partial charge in [-0.1, -0.05) is 24.3 Å². The quantitative estimate of drug-likeness (QED) is 0.746. The van der Waals surface area contributed by atoms with E-state index in [9.17, 15) is 4.79 Å². The zero-order chi connectivity index (χ0) is 15.8. The van der Waals surface area contributed by atoms with Crippen molar-refractivity contribution in [3.05, 3.63) is 64.1 Å². The van der Waals surface area contributed by atoms with Crippen LogP contribution in [0.2, 0.25) is 0 Å². The Bertz CT molecular complexity index is 910. The van der Waals surface area contributed by atoms with Gasteiger partial charge >= 0.3 is 5.76 Å². The zero-order valence-electron chi connectivity index (χ0n) is 13.0. The Morgan fingerprint density at radius 3 is 2.83 bits per heavy atom. The lowest BCUT2D eigenvalue weighted by molar-refractivity contribution is 0.196. The number of rotatable bonds is 3. The van der Waals surface area contributed by atoms with E-state index in [2.05, 4.69) is 29.2 Å². The molecule has 0 bridgehead atoms. The van der Waals surface area contributed by atoms with Crippen molar-refractivity contribution in [1.29, 1.82) is 0 Å². The van der Waals surface area contributed by atoms with Gasteiger partial charge in [0.1, 0.15) is 5.75 Å². The molecule has 0 fully saturated rings. The summed E-state index contributed by atoms with van der Waals surface area (Å²) in [6, 6.07) is 13.9. The van der Waals surface area contributed by atoms with E-state index >= 15 is 0 Å². The molecule has 0 aliphatic carbocycles. The Labute approximate surface area is 133 Å². The third-order valence-electron chi connectivity index (χ3n) is 4.43. The Morgan fingerprint density at radius 2 is 2.00 bits per heavy atom. The second-order valence-electron chi connectivity index (χ2n) is 5.84. The van der Waals surface area contributed by atoms with Gasteiger partial charge in [-0.2, -0.15) is 0 Å². The van der Waals surface area contributed by atoms with Crippen LogP contribution in [0.15, 0.2) is 51.7 Å². The highest BCUT2D eigenvalue weighted by Crippen LogP contribution is 2.22. The molecule has 2 heterocycles. The Hall–Kier alpha value is -2.53. The Balaban J connectivity index is 1.66. The predicted molar refractivity (Wildman–Crippen MR) is 87.6 cm³/mol. The topological polar surface area (TPSA) is 47.6 Å². The summed E-state index contributed by atoms with van der Waals surface area (Å²) in [6.45, 7) is 2.30. The summed E-state index contributed by atoms with van der Waals surface area (Å²) in [5.74, 6) is 0.392. The molecular weight excluding hydrogens is 292 g/mol. The highest BCUT2D eigenvalue weighted by atomic mass is 16.5. The Morgan fingerprint density at radius 1 is 1.17 bits per heavy atom. The second kappa shape index (κ2) is 5.59. The minimum Gasteiger partial charge on any atom is -0.497 e. The van der Waals surface area contributed by atoms with Crippen molar-refractivity contribution in [2.24, 2.45) is 0 Å². The van der Waals surface area contributed by atoms with Crippen LogP contribution in [0.25, 0.3) is 11.1 Å². The smallest absolute Gasteiger partial charge is 0.421 e. The average molecular weight is 310 g/mol. The molecule has 0 saturated carbocycles. The van der Waals surface area contributed by atoms with Crippen molar-refractivity contribution in [3.8, 4) is 5.75 Å². The molecule has 0 saturated heterocycles. The van der Waals surface area contributed by atoms with Gasteiger partial charge in [0.15, 0.2) is 5.58 Å². The number of aromatic nitrogens is 1. The number of nitrogens with zero attached hydrogens (tertiary/aromatic N) is 2. The van der Waals surface area contributed by atoms with E-state index in [0.717, 1.165) is 30.8 Å². The third kappa shape index (κ3) is 2.53. The van der Waals surface area contributed by atoms with E-state index in [1.165, 1.54) is 11.1 Å². The summed E-state index contributed by atoms with van der Waals surface area (Å²) in [5.41, 5.74) is 4.09. The van der Waals surface area contributed by atoms with Gasteiger partial charge in [0, 0.05) is 19.2 Å². The van der Waals surface area contributed by atoms with E-state index in [-0.39, 0.29) is 5.76 Å². The summed E-state index contributed by atoms with van der Waals surface area (Å²) in [7, 11) is 1.62. The van der Waals surface area contributed by atoms with Crippen molar-refractivity contribution in [3.63, 3.8) is 0 Å². The molecule has 0 amide bonds. The number of fused-ring (bicyclic) bond motifs is 2. The average Bonchev–Trinajstić information content (AvgIpc) is 2.89. The molecule has 118 valence electrons. The molecule has 4 rings (SSSR count). The molecule has 2 aromatic carbocycles. The largest absolute Gasteiger partial charge is 0.497 e. The minimum atomic E-state index is -0.327. The molecule has 0 spiro atoms. The first-order valence-electron chi connectivity index (χ1n) is 7.71. The first-order valence-corrected chi connectivity index (χ1v) is 7.71. The lowest BCUT2D eigenvalue weighted by atomic mass is 10.0. The fourth-order valence-electron chi connectivity index (χ4n) is 3.18. The lowest BCUT2D eigenvalue weighted by Crippen LogP contribution is -2.34. The van der Waals surface area contributed by atoms with Gasteiger partial charge in [0.25, 0.3) is 0 Å².